The zero-order valence-corrected chi connectivity index (χ0v) is 17.6. The van der Waals surface area contributed by atoms with E-state index in [1.54, 1.807) is 20.3 Å². The fourth-order valence-corrected chi connectivity index (χ4v) is 5.27. The van der Waals surface area contributed by atoms with Gasteiger partial charge >= 0.3 is 5.97 Å². The summed E-state index contributed by atoms with van der Waals surface area (Å²) < 4.78 is 10.5. The van der Waals surface area contributed by atoms with Gasteiger partial charge in [-0.05, 0) is 18.3 Å². The number of aromatic nitrogens is 2. The van der Waals surface area contributed by atoms with Gasteiger partial charge in [-0.25, -0.2) is 0 Å². The predicted octanol–water partition coefficient (Wildman–Crippen LogP) is 4.59. The third-order valence-electron chi connectivity index (χ3n) is 5.10. The molecule has 0 spiro atoms. The van der Waals surface area contributed by atoms with Crippen LogP contribution in [0.3, 0.4) is 0 Å². The van der Waals surface area contributed by atoms with Gasteiger partial charge in [0.15, 0.2) is 5.16 Å². The minimum Gasteiger partial charge on any atom is -0.481 e. The van der Waals surface area contributed by atoms with E-state index in [4.69, 9.17) is 9.47 Å². The highest BCUT2D eigenvalue weighted by atomic mass is 32.2. The van der Waals surface area contributed by atoms with Crippen LogP contribution in [0.5, 0.6) is 11.8 Å². The molecule has 1 heterocycles. The van der Waals surface area contributed by atoms with E-state index < -0.39 is 11.4 Å². The zero-order chi connectivity index (χ0) is 20.1. The summed E-state index contributed by atoms with van der Waals surface area (Å²) in [6.45, 7) is 6.51. The second-order valence-electron chi connectivity index (χ2n) is 7.74. The van der Waals surface area contributed by atoms with E-state index in [1.807, 2.05) is 0 Å². The number of carboxylic acid groups (broad SMARTS) is 1. The molecule has 1 aliphatic carbocycles. The largest absolute Gasteiger partial charge is 0.481 e. The first-order chi connectivity index (χ1) is 12.8. The fraction of sp³-hybridized carbons (Fsp3) is 0.650. The van der Waals surface area contributed by atoms with Crippen LogP contribution in [0.2, 0.25) is 0 Å². The Kier molecular flexibility index (Phi) is 7.14. The summed E-state index contributed by atoms with van der Waals surface area (Å²) in [6, 6.07) is 1.64. The molecule has 0 fully saturated rings. The molecule has 7 heteroatoms. The quantitative estimate of drug-likeness (QED) is 0.484. The minimum atomic E-state index is -0.775. The number of methoxy groups -OCH3 is 2. The Morgan fingerprint density at radius 2 is 1.93 bits per heavy atom. The molecule has 1 aliphatic rings. The van der Waals surface area contributed by atoms with Crippen molar-refractivity contribution in [1.29, 1.82) is 0 Å². The van der Waals surface area contributed by atoms with Crippen molar-refractivity contribution < 1.29 is 19.4 Å². The molecule has 1 aromatic rings. The van der Waals surface area contributed by atoms with Crippen LogP contribution in [0.25, 0.3) is 0 Å². The topological polar surface area (TPSA) is 81.5 Å². The first-order valence-corrected chi connectivity index (χ1v) is 10.2. The third kappa shape index (κ3) is 5.15. The Morgan fingerprint density at radius 3 is 2.44 bits per heavy atom. The van der Waals surface area contributed by atoms with Crippen LogP contribution in [0, 0.1) is 10.8 Å². The van der Waals surface area contributed by atoms with Crippen molar-refractivity contribution >= 4 is 17.7 Å². The van der Waals surface area contributed by atoms with E-state index >= 15 is 0 Å². The molecule has 0 saturated carbocycles. The van der Waals surface area contributed by atoms with Crippen molar-refractivity contribution in [3.63, 3.8) is 0 Å². The standard InChI is InChI=1S/C20H30N2O4S/c1-6-7-10-20(13-16(23)24)11-8-9-19(2,3)17(20)27-18-21-14(25-4)12-15(22-18)26-5/h8,11-12,17H,6-7,9-10,13H2,1-5H3,(H,23,24). The van der Waals surface area contributed by atoms with E-state index in [1.165, 1.54) is 11.8 Å². The first-order valence-electron chi connectivity index (χ1n) is 9.29. The van der Waals surface area contributed by atoms with Crippen molar-refractivity contribution in [2.24, 2.45) is 10.8 Å². The molecule has 1 aromatic heterocycles. The highest BCUT2D eigenvalue weighted by molar-refractivity contribution is 7.99. The Bertz CT molecular complexity index is 670. The Balaban J connectivity index is 2.46. The SMILES string of the molecule is CCCCC1(CC(=O)O)C=CCC(C)(C)C1Sc1nc(OC)cc(OC)n1. The minimum absolute atomic E-state index is 0.0227. The van der Waals surface area contributed by atoms with Crippen LogP contribution in [0.1, 0.15) is 52.9 Å². The molecule has 0 aliphatic heterocycles. The Labute approximate surface area is 165 Å². The van der Waals surface area contributed by atoms with Crippen molar-refractivity contribution in [2.75, 3.05) is 14.2 Å². The molecule has 0 radical (unpaired) electrons. The van der Waals surface area contributed by atoms with Crippen LogP contribution in [-0.2, 0) is 4.79 Å². The maximum absolute atomic E-state index is 11.7. The van der Waals surface area contributed by atoms with Crippen LogP contribution in [-0.4, -0.2) is 40.5 Å². The van der Waals surface area contributed by atoms with Crippen molar-refractivity contribution in [2.45, 2.75) is 63.3 Å². The van der Waals surface area contributed by atoms with Gasteiger partial charge in [-0.1, -0.05) is 57.5 Å². The number of aliphatic carboxylic acids is 1. The van der Waals surface area contributed by atoms with Crippen LogP contribution in [0.15, 0.2) is 23.4 Å². The molecule has 0 bridgehead atoms. The van der Waals surface area contributed by atoms with Crippen LogP contribution in [0.4, 0.5) is 0 Å². The molecular weight excluding hydrogens is 364 g/mol. The number of nitrogens with zero attached hydrogens (tertiary/aromatic N) is 2. The number of carboxylic acids is 1. The normalized spacial score (nSPS) is 23.8. The summed E-state index contributed by atoms with van der Waals surface area (Å²) >= 11 is 1.53. The molecule has 6 nitrogen and oxygen atoms in total. The maximum Gasteiger partial charge on any atom is 0.304 e. The highest BCUT2D eigenvalue weighted by Gasteiger charge is 2.48. The summed E-state index contributed by atoms with van der Waals surface area (Å²) in [6.07, 6.45) is 8.09. The molecule has 2 rings (SSSR count). The maximum atomic E-state index is 11.7. The number of rotatable bonds is 9. The molecule has 0 amide bonds. The van der Waals surface area contributed by atoms with Gasteiger partial charge < -0.3 is 14.6 Å². The number of thioether (sulfide) groups is 1. The van der Waals surface area contributed by atoms with E-state index in [0.29, 0.717) is 16.9 Å². The lowest BCUT2D eigenvalue weighted by Gasteiger charge is -2.48. The van der Waals surface area contributed by atoms with Crippen molar-refractivity contribution in [3.8, 4) is 11.8 Å². The van der Waals surface area contributed by atoms with E-state index in [2.05, 4.69) is 42.9 Å². The molecule has 150 valence electrons. The number of unbranched alkanes of at least 4 members (excludes halogenated alkanes) is 1. The van der Waals surface area contributed by atoms with Crippen molar-refractivity contribution in [1.82, 2.24) is 9.97 Å². The Morgan fingerprint density at radius 1 is 1.30 bits per heavy atom. The van der Waals surface area contributed by atoms with Gasteiger partial charge in [-0.15, -0.1) is 0 Å². The third-order valence-corrected chi connectivity index (χ3v) is 6.84. The van der Waals surface area contributed by atoms with Gasteiger partial charge in [-0.3, -0.25) is 4.79 Å². The lowest BCUT2D eigenvalue weighted by molar-refractivity contribution is -0.139. The number of ether oxygens (including phenoxy) is 2. The number of carbonyl (C=O) groups is 1. The molecule has 0 saturated heterocycles. The lowest BCUT2D eigenvalue weighted by Crippen LogP contribution is -2.45. The van der Waals surface area contributed by atoms with Gasteiger partial charge in [0.1, 0.15) is 0 Å². The second-order valence-corrected chi connectivity index (χ2v) is 8.81. The number of hydrogen-bond acceptors (Lipinski definition) is 6. The predicted molar refractivity (Wildman–Crippen MR) is 107 cm³/mol. The van der Waals surface area contributed by atoms with E-state index in [9.17, 15) is 9.90 Å². The number of hydrogen-bond donors (Lipinski definition) is 1. The van der Waals surface area contributed by atoms with Gasteiger partial charge in [0.2, 0.25) is 11.8 Å². The summed E-state index contributed by atoms with van der Waals surface area (Å²) in [7, 11) is 3.11. The lowest BCUT2D eigenvalue weighted by atomic mass is 9.63. The summed E-state index contributed by atoms with van der Waals surface area (Å²) in [5, 5.41) is 10.2. The monoisotopic (exact) mass is 394 g/mol. The first kappa shape index (κ1) is 21.5. The molecular formula is C20H30N2O4S. The van der Waals surface area contributed by atoms with Gasteiger partial charge in [0.25, 0.3) is 0 Å². The van der Waals surface area contributed by atoms with Crippen LogP contribution >= 0.6 is 11.8 Å². The molecule has 27 heavy (non-hydrogen) atoms. The van der Waals surface area contributed by atoms with Gasteiger partial charge in [-0.2, -0.15) is 9.97 Å². The van der Waals surface area contributed by atoms with Crippen molar-refractivity contribution in [3.05, 3.63) is 18.2 Å². The average molecular weight is 395 g/mol. The van der Waals surface area contributed by atoms with Crippen LogP contribution < -0.4 is 9.47 Å². The summed E-state index contributed by atoms with van der Waals surface area (Å²) in [4.78, 5) is 20.7. The fourth-order valence-electron chi connectivity index (χ4n) is 3.84. The molecule has 2 atom stereocenters. The second kappa shape index (κ2) is 8.95. The highest BCUT2D eigenvalue weighted by Crippen LogP contribution is 2.54. The Hall–Kier alpha value is -1.76. The summed E-state index contributed by atoms with van der Waals surface area (Å²) in [5.41, 5.74) is -0.532. The molecule has 2 unspecified atom stereocenters. The zero-order valence-electron chi connectivity index (χ0n) is 16.8. The van der Waals surface area contributed by atoms with Gasteiger partial charge in [0.05, 0.1) is 26.7 Å². The van der Waals surface area contributed by atoms with E-state index in [0.717, 1.165) is 25.7 Å². The van der Waals surface area contributed by atoms with E-state index in [-0.39, 0.29) is 17.1 Å². The van der Waals surface area contributed by atoms with Gasteiger partial charge in [0, 0.05) is 10.7 Å². The average Bonchev–Trinajstić information content (AvgIpc) is 2.62. The smallest absolute Gasteiger partial charge is 0.304 e. The number of allylic oxidation sites excluding steroid dienone is 2. The molecule has 0 aromatic carbocycles. The summed E-state index contributed by atoms with van der Waals surface area (Å²) in [5.74, 6) is 0.0972. The molecule has 1 N–H and O–H groups in total.